The largest absolute Gasteiger partial charge is 0.384 e. The summed E-state index contributed by atoms with van der Waals surface area (Å²) in [5.74, 6) is 0.117. The normalized spacial score (nSPS) is 9.67. The van der Waals surface area contributed by atoms with Crippen molar-refractivity contribution in [2.75, 3.05) is 32.9 Å². The van der Waals surface area contributed by atoms with Crippen molar-refractivity contribution in [3.05, 3.63) is 23.9 Å². The summed E-state index contributed by atoms with van der Waals surface area (Å²) in [5, 5.41) is 5.29. The maximum atomic E-state index is 11.6. The number of aromatic nitrogens is 1. The molecular weight excluding hydrogens is 234 g/mol. The summed E-state index contributed by atoms with van der Waals surface area (Å²) >= 11 is 0. The second-order valence-electron chi connectivity index (χ2n) is 3.85. The van der Waals surface area contributed by atoms with Gasteiger partial charge in [0.05, 0.1) is 5.56 Å². The van der Waals surface area contributed by atoms with E-state index in [1.54, 1.807) is 26.2 Å². The molecule has 0 aliphatic heterocycles. The average Bonchev–Trinajstić information content (AvgIpc) is 2.34. The molecule has 0 fully saturated rings. The molecule has 0 bridgehead atoms. The Labute approximate surface area is 105 Å². The van der Waals surface area contributed by atoms with Crippen LogP contribution >= 0.6 is 0 Å². The highest BCUT2D eigenvalue weighted by Gasteiger charge is 2.05. The molecule has 1 aromatic heterocycles. The molecule has 0 aromatic carbocycles. The number of hydrogen-bond acceptors (Lipinski definition) is 4. The SMILES string of the molecule is CN(C)C(=O)NCCNC(=O)c1ccc(N)nc1. The number of nitrogens with two attached hydrogens (primary N) is 1. The third-order valence-electron chi connectivity index (χ3n) is 2.14. The minimum absolute atomic E-state index is 0.196. The number of nitrogens with one attached hydrogen (secondary N) is 2. The number of nitrogens with zero attached hydrogens (tertiary/aromatic N) is 2. The minimum atomic E-state index is -0.249. The quantitative estimate of drug-likeness (QED) is 0.637. The van der Waals surface area contributed by atoms with Crippen LogP contribution in [0.5, 0.6) is 0 Å². The summed E-state index contributed by atoms with van der Waals surface area (Å²) < 4.78 is 0. The van der Waals surface area contributed by atoms with Crippen LogP contribution in [-0.2, 0) is 0 Å². The van der Waals surface area contributed by atoms with Crippen molar-refractivity contribution >= 4 is 17.8 Å². The van der Waals surface area contributed by atoms with E-state index in [0.717, 1.165) is 0 Å². The van der Waals surface area contributed by atoms with E-state index in [1.807, 2.05) is 0 Å². The fourth-order valence-corrected chi connectivity index (χ4v) is 1.15. The van der Waals surface area contributed by atoms with Crippen molar-refractivity contribution in [1.29, 1.82) is 0 Å². The lowest BCUT2D eigenvalue weighted by atomic mass is 10.2. The van der Waals surface area contributed by atoms with Crippen LogP contribution in [0.25, 0.3) is 0 Å². The topological polar surface area (TPSA) is 100 Å². The summed E-state index contributed by atoms with van der Waals surface area (Å²) in [4.78, 5) is 28.0. The lowest BCUT2D eigenvalue weighted by Gasteiger charge is -2.12. The zero-order valence-corrected chi connectivity index (χ0v) is 10.4. The number of anilines is 1. The molecule has 0 radical (unpaired) electrons. The molecule has 0 unspecified atom stereocenters. The number of nitrogen functional groups attached to an aromatic ring is 1. The zero-order valence-electron chi connectivity index (χ0n) is 10.4. The Morgan fingerprint density at radius 2 is 1.94 bits per heavy atom. The number of rotatable bonds is 4. The standard InChI is InChI=1S/C11H17N5O2/c1-16(2)11(18)14-6-5-13-10(17)8-3-4-9(12)15-7-8/h3-4,7H,5-6H2,1-2H3,(H2,12,15)(H,13,17)(H,14,18). The molecular formula is C11H17N5O2. The smallest absolute Gasteiger partial charge is 0.316 e. The highest BCUT2D eigenvalue weighted by atomic mass is 16.2. The van der Waals surface area contributed by atoms with Gasteiger partial charge in [0.1, 0.15) is 5.82 Å². The van der Waals surface area contributed by atoms with Crippen molar-refractivity contribution < 1.29 is 9.59 Å². The first kappa shape index (κ1) is 13.8. The fourth-order valence-electron chi connectivity index (χ4n) is 1.15. The first-order valence-electron chi connectivity index (χ1n) is 5.45. The van der Waals surface area contributed by atoms with Crippen molar-refractivity contribution in [2.24, 2.45) is 0 Å². The van der Waals surface area contributed by atoms with Crippen LogP contribution in [-0.4, -0.2) is 49.0 Å². The first-order valence-corrected chi connectivity index (χ1v) is 5.45. The van der Waals surface area contributed by atoms with Crippen LogP contribution < -0.4 is 16.4 Å². The summed E-state index contributed by atoms with van der Waals surface area (Å²) in [6.07, 6.45) is 1.41. The average molecular weight is 251 g/mol. The second kappa shape index (κ2) is 6.43. The van der Waals surface area contributed by atoms with E-state index in [1.165, 1.54) is 11.1 Å². The molecule has 98 valence electrons. The highest BCUT2D eigenvalue weighted by Crippen LogP contribution is 2.00. The molecule has 7 nitrogen and oxygen atoms in total. The van der Waals surface area contributed by atoms with Crippen molar-refractivity contribution in [3.63, 3.8) is 0 Å². The van der Waals surface area contributed by atoms with E-state index in [2.05, 4.69) is 15.6 Å². The molecule has 1 aromatic rings. The Hall–Kier alpha value is -2.31. The van der Waals surface area contributed by atoms with Gasteiger partial charge in [0, 0.05) is 33.4 Å². The van der Waals surface area contributed by atoms with Gasteiger partial charge in [-0.05, 0) is 12.1 Å². The Kier molecular flexibility index (Phi) is 4.91. The van der Waals surface area contributed by atoms with Gasteiger partial charge in [0.2, 0.25) is 0 Å². The van der Waals surface area contributed by atoms with E-state index in [-0.39, 0.29) is 11.9 Å². The predicted octanol–water partition coefficient (Wildman–Crippen LogP) is -0.335. The van der Waals surface area contributed by atoms with Gasteiger partial charge in [0.25, 0.3) is 5.91 Å². The van der Waals surface area contributed by atoms with Crippen LogP contribution in [0.1, 0.15) is 10.4 Å². The number of pyridine rings is 1. The van der Waals surface area contributed by atoms with Crippen LogP contribution in [0.3, 0.4) is 0 Å². The Bertz CT molecular complexity index is 416. The Morgan fingerprint density at radius 3 is 2.50 bits per heavy atom. The summed E-state index contributed by atoms with van der Waals surface area (Å²) in [5.41, 5.74) is 5.85. The van der Waals surface area contributed by atoms with Gasteiger partial charge >= 0.3 is 6.03 Å². The van der Waals surface area contributed by atoms with E-state index >= 15 is 0 Å². The lowest BCUT2D eigenvalue weighted by Crippen LogP contribution is -2.39. The van der Waals surface area contributed by atoms with Crippen molar-refractivity contribution in [2.45, 2.75) is 0 Å². The number of carbonyl (C=O) groups excluding carboxylic acids is 2. The van der Waals surface area contributed by atoms with Gasteiger partial charge in [-0.25, -0.2) is 9.78 Å². The van der Waals surface area contributed by atoms with Crippen molar-refractivity contribution in [3.8, 4) is 0 Å². The van der Waals surface area contributed by atoms with Crippen molar-refractivity contribution in [1.82, 2.24) is 20.5 Å². The molecule has 4 N–H and O–H groups in total. The molecule has 18 heavy (non-hydrogen) atoms. The van der Waals surface area contributed by atoms with Gasteiger partial charge < -0.3 is 21.3 Å². The molecule has 7 heteroatoms. The van der Waals surface area contributed by atoms with E-state index in [9.17, 15) is 9.59 Å². The zero-order chi connectivity index (χ0) is 13.5. The first-order chi connectivity index (χ1) is 8.50. The van der Waals surface area contributed by atoms with Gasteiger partial charge in [-0.3, -0.25) is 4.79 Å². The molecule has 1 heterocycles. The van der Waals surface area contributed by atoms with E-state index in [0.29, 0.717) is 24.5 Å². The highest BCUT2D eigenvalue weighted by molar-refractivity contribution is 5.94. The van der Waals surface area contributed by atoms with Crippen LogP contribution in [0, 0.1) is 0 Å². The summed E-state index contributed by atoms with van der Waals surface area (Å²) in [7, 11) is 3.29. The maximum absolute atomic E-state index is 11.6. The molecule has 0 aliphatic rings. The summed E-state index contributed by atoms with van der Waals surface area (Å²) in [6, 6.07) is 2.96. The predicted molar refractivity (Wildman–Crippen MR) is 68.1 cm³/mol. The second-order valence-corrected chi connectivity index (χ2v) is 3.85. The monoisotopic (exact) mass is 251 g/mol. The van der Waals surface area contributed by atoms with Crippen LogP contribution in [0.2, 0.25) is 0 Å². The van der Waals surface area contributed by atoms with Gasteiger partial charge in [-0.1, -0.05) is 0 Å². The lowest BCUT2D eigenvalue weighted by molar-refractivity contribution is 0.0953. The number of hydrogen-bond donors (Lipinski definition) is 3. The minimum Gasteiger partial charge on any atom is -0.384 e. The molecule has 0 spiro atoms. The molecule has 0 atom stereocenters. The third-order valence-corrected chi connectivity index (χ3v) is 2.14. The van der Waals surface area contributed by atoms with Gasteiger partial charge in [-0.2, -0.15) is 0 Å². The van der Waals surface area contributed by atoms with E-state index in [4.69, 9.17) is 5.73 Å². The molecule has 1 rings (SSSR count). The van der Waals surface area contributed by atoms with Crippen LogP contribution in [0.15, 0.2) is 18.3 Å². The Balaban J connectivity index is 2.29. The molecule has 3 amide bonds. The Morgan fingerprint density at radius 1 is 1.28 bits per heavy atom. The molecule has 0 saturated heterocycles. The fraction of sp³-hybridized carbons (Fsp3) is 0.364. The van der Waals surface area contributed by atoms with Crippen LogP contribution in [0.4, 0.5) is 10.6 Å². The number of urea groups is 1. The number of carbonyl (C=O) groups is 2. The van der Waals surface area contributed by atoms with Gasteiger partial charge in [0.15, 0.2) is 0 Å². The number of amides is 3. The van der Waals surface area contributed by atoms with E-state index < -0.39 is 0 Å². The maximum Gasteiger partial charge on any atom is 0.316 e. The summed E-state index contributed by atoms with van der Waals surface area (Å²) in [6.45, 7) is 0.716. The molecule has 0 aliphatic carbocycles. The third kappa shape index (κ3) is 4.28. The molecule has 0 saturated carbocycles. The van der Waals surface area contributed by atoms with Gasteiger partial charge in [-0.15, -0.1) is 0 Å².